The second-order valence-corrected chi connectivity index (χ2v) is 6.77. The zero-order chi connectivity index (χ0) is 18.3. The Kier molecular flexibility index (Phi) is 7.21. The number of hydrogen-bond acceptors (Lipinski definition) is 3. The van der Waals surface area contributed by atoms with Gasteiger partial charge in [-0.15, -0.1) is 0 Å². The van der Waals surface area contributed by atoms with E-state index in [0.29, 0.717) is 19.7 Å². The van der Waals surface area contributed by atoms with Crippen LogP contribution >= 0.6 is 15.9 Å². The predicted octanol–water partition coefficient (Wildman–Crippen LogP) is 4.79. The van der Waals surface area contributed by atoms with Gasteiger partial charge >= 0.3 is 5.97 Å². The van der Waals surface area contributed by atoms with Crippen molar-refractivity contribution in [2.75, 3.05) is 19.7 Å². The van der Waals surface area contributed by atoms with Crippen molar-refractivity contribution in [2.45, 2.75) is 32.7 Å². The molecule has 0 amide bonds. The van der Waals surface area contributed by atoms with E-state index >= 15 is 0 Å². The SMILES string of the molecule is CC.CCOC(=O)C1(c2ccccc2Br)CN(Cc2ccccc2)C1. The van der Waals surface area contributed by atoms with Crippen molar-refractivity contribution >= 4 is 21.9 Å². The smallest absolute Gasteiger partial charge is 0.319 e. The molecule has 0 atom stereocenters. The van der Waals surface area contributed by atoms with Crippen LogP contribution in [0.5, 0.6) is 0 Å². The molecule has 0 saturated carbocycles. The van der Waals surface area contributed by atoms with Gasteiger partial charge in [-0.3, -0.25) is 9.69 Å². The molecule has 3 nitrogen and oxygen atoms in total. The molecule has 0 unspecified atom stereocenters. The third kappa shape index (κ3) is 4.31. The summed E-state index contributed by atoms with van der Waals surface area (Å²) in [4.78, 5) is 14.9. The van der Waals surface area contributed by atoms with E-state index in [4.69, 9.17) is 4.74 Å². The lowest BCUT2D eigenvalue weighted by molar-refractivity contribution is -0.158. The van der Waals surface area contributed by atoms with E-state index in [2.05, 4.69) is 33.0 Å². The fourth-order valence-electron chi connectivity index (χ4n) is 3.20. The summed E-state index contributed by atoms with van der Waals surface area (Å²) in [5.74, 6) is -0.129. The normalized spacial score (nSPS) is 15.5. The van der Waals surface area contributed by atoms with Crippen LogP contribution in [-0.2, 0) is 21.5 Å². The Labute approximate surface area is 159 Å². The van der Waals surface area contributed by atoms with Gasteiger partial charge in [-0.2, -0.15) is 0 Å². The van der Waals surface area contributed by atoms with E-state index in [-0.39, 0.29) is 5.97 Å². The lowest BCUT2D eigenvalue weighted by atomic mass is 9.73. The molecule has 2 aromatic carbocycles. The Morgan fingerprint density at radius 1 is 1.08 bits per heavy atom. The van der Waals surface area contributed by atoms with Crippen LogP contribution in [0.25, 0.3) is 0 Å². The summed E-state index contributed by atoms with van der Waals surface area (Å²) in [6.07, 6.45) is 0. The second-order valence-electron chi connectivity index (χ2n) is 5.91. The molecule has 2 aromatic rings. The molecule has 1 heterocycles. The zero-order valence-corrected chi connectivity index (χ0v) is 16.8. The van der Waals surface area contributed by atoms with Gasteiger partial charge in [-0.25, -0.2) is 0 Å². The predicted molar refractivity (Wildman–Crippen MR) is 106 cm³/mol. The molecule has 0 aliphatic carbocycles. The molecule has 0 spiro atoms. The average molecular weight is 404 g/mol. The zero-order valence-electron chi connectivity index (χ0n) is 15.2. The van der Waals surface area contributed by atoms with E-state index in [1.54, 1.807) is 0 Å². The summed E-state index contributed by atoms with van der Waals surface area (Å²) in [6.45, 7) is 8.48. The van der Waals surface area contributed by atoms with Crippen LogP contribution in [0.2, 0.25) is 0 Å². The Balaban J connectivity index is 0.00000109. The van der Waals surface area contributed by atoms with Crippen molar-refractivity contribution in [3.63, 3.8) is 0 Å². The minimum Gasteiger partial charge on any atom is -0.465 e. The standard InChI is InChI=1S/C19H20BrNO2.C2H6/c1-2-23-18(22)19(16-10-6-7-11-17(16)20)13-21(14-19)12-15-8-4-3-5-9-15;1-2/h3-11H,2,12-14H2,1H3;1-2H3. The van der Waals surface area contributed by atoms with E-state index in [9.17, 15) is 4.79 Å². The molecule has 0 bridgehead atoms. The number of rotatable bonds is 5. The third-order valence-corrected chi connectivity index (χ3v) is 4.98. The van der Waals surface area contributed by atoms with Crippen LogP contribution < -0.4 is 0 Å². The first-order chi connectivity index (χ1) is 12.2. The van der Waals surface area contributed by atoms with Gasteiger partial charge in [0, 0.05) is 24.1 Å². The first kappa shape index (κ1) is 19.7. The largest absolute Gasteiger partial charge is 0.465 e. The highest BCUT2D eigenvalue weighted by Crippen LogP contribution is 2.40. The summed E-state index contributed by atoms with van der Waals surface area (Å²) >= 11 is 3.59. The highest BCUT2D eigenvalue weighted by Gasteiger charge is 2.52. The number of carbonyl (C=O) groups excluding carboxylic acids is 1. The lowest BCUT2D eigenvalue weighted by Crippen LogP contribution is -2.63. The van der Waals surface area contributed by atoms with Crippen LogP contribution in [0.1, 0.15) is 31.9 Å². The molecular formula is C21H26BrNO2. The number of esters is 1. The molecule has 0 N–H and O–H groups in total. The van der Waals surface area contributed by atoms with Crippen molar-refractivity contribution in [1.82, 2.24) is 4.90 Å². The maximum atomic E-state index is 12.6. The number of benzene rings is 2. The molecule has 1 aliphatic rings. The highest BCUT2D eigenvalue weighted by atomic mass is 79.9. The van der Waals surface area contributed by atoms with Gasteiger partial charge in [0.05, 0.1) is 6.61 Å². The number of ether oxygens (including phenoxy) is 1. The topological polar surface area (TPSA) is 29.5 Å². The van der Waals surface area contributed by atoms with Gasteiger partial charge in [-0.05, 0) is 24.1 Å². The maximum Gasteiger partial charge on any atom is 0.319 e. The minimum absolute atomic E-state index is 0.129. The average Bonchev–Trinajstić information content (AvgIpc) is 2.61. The van der Waals surface area contributed by atoms with Gasteiger partial charge in [0.25, 0.3) is 0 Å². The summed E-state index contributed by atoms with van der Waals surface area (Å²) in [6, 6.07) is 18.3. The van der Waals surface area contributed by atoms with Crippen LogP contribution in [-0.4, -0.2) is 30.6 Å². The van der Waals surface area contributed by atoms with E-state index in [1.807, 2.05) is 63.2 Å². The second kappa shape index (κ2) is 9.16. The van der Waals surface area contributed by atoms with Crippen molar-refractivity contribution in [2.24, 2.45) is 0 Å². The number of hydrogen-bond donors (Lipinski definition) is 0. The fraction of sp³-hybridized carbons (Fsp3) is 0.381. The van der Waals surface area contributed by atoms with Gasteiger partial charge in [-0.1, -0.05) is 78.3 Å². The molecule has 0 radical (unpaired) electrons. The van der Waals surface area contributed by atoms with Crippen molar-refractivity contribution in [3.05, 3.63) is 70.2 Å². The lowest BCUT2D eigenvalue weighted by Gasteiger charge is -2.48. The third-order valence-electron chi connectivity index (χ3n) is 4.29. The van der Waals surface area contributed by atoms with Crippen molar-refractivity contribution in [1.29, 1.82) is 0 Å². The number of carbonyl (C=O) groups is 1. The van der Waals surface area contributed by atoms with E-state index in [1.165, 1.54) is 5.56 Å². The van der Waals surface area contributed by atoms with Crippen LogP contribution in [0, 0.1) is 0 Å². The van der Waals surface area contributed by atoms with Crippen molar-refractivity contribution in [3.8, 4) is 0 Å². The molecule has 3 rings (SSSR count). The first-order valence-corrected chi connectivity index (χ1v) is 9.63. The summed E-state index contributed by atoms with van der Waals surface area (Å²) in [5.41, 5.74) is 1.71. The van der Waals surface area contributed by atoms with Gasteiger partial charge in [0.2, 0.25) is 0 Å². The number of halogens is 1. The molecule has 1 fully saturated rings. The maximum absolute atomic E-state index is 12.6. The van der Waals surface area contributed by atoms with E-state index < -0.39 is 5.41 Å². The van der Waals surface area contributed by atoms with Crippen LogP contribution in [0.3, 0.4) is 0 Å². The number of likely N-dealkylation sites (tertiary alicyclic amines) is 1. The van der Waals surface area contributed by atoms with Gasteiger partial charge in [0.1, 0.15) is 5.41 Å². The summed E-state index contributed by atoms with van der Waals surface area (Å²) in [7, 11) is 0. The Morgan fingerprint density at radius 2 is 1.68 bits per heavy atom. The van der Waals surface area contributed by atoms with Crippen molar-refractivity contribution < 1.29 is 9.53 Å². The molecular weight excluding hydrogens is 378 g/mol. The highest BCUT2D eigenvalue weighted by molar-refractivity contribution is 9.10. The Morgan fingerprint density at radius 3 is 2.28 bits per heavy atom. The first-order valence-electron chi connectivity index (χ1n) is 8.84. The van der Waals surface area contributed by atoms with Crippen LogP contribution in [0.4, 0.5) is 0 Å². The molecule has 25 heavy (non-hydrogen) atoms. The molecule has 4 heteroatoms. The summed E-state index contributed by atoms with van der Waals surface area (Å²) in [5, 5.41) is 0. The van der Waals surface area contributed by atoms with Gasteiger partial charge < -0.3 is 4.74 Å². The quantitative estimate of drug-likeness (QED) is 0.671. The van der Waals surface area contributed by atoms with E-state index in [0.717, 1.165) is 16.6 Å². The molecule has 1 aliphatic heterocycles. The molecule has 134 valence electrons. The van der Waals surface area contributed by atoms with Gasteiger partial charge in [0.15, 0.2) is 0 Å². The Bertz CT molecular complexity index is 681. The number of nitrogens with zero attached hydrogens (tertiary/aromatic N) is 1. The fourth-order valence-corrected chi connectivity index (χ4v) is 3.86. The minimum atomic E-state index is -0.565. The molecule has 1 saturated heterocycles. The van der Waals surface area contributed by atoms with Crippen LogP contribution in [0.15, 0.2) is 59.1 Å². The monoisotopic (exact) mass is 403 g/mol. The molecule has 0 aromatic heterocycles. The summed E-state index contributed by atoms with van der Waals surface area (Å²) < 4.78 is 6.34. The Hall–Kier alpha value is -1.65.